The third-order valence-electron chi connectivity index (χ3n) is 5.21. The fourth-order valence-electron chi connectivity index (χ4n) is 3.61. The van der Waals surface area contributed by atoms with Crippen molar-refractivity contribution in [2.24, 2.45) is 0 Å². The molecule has 0 bridgehead atoms. The highest BCUT2D eigenvalue weighted by molar-refractivity contribution is 6.21. The van der Waals surface area contributed by atoms with Gasteiger partial charge in [0.25, 0.3) is 17.7 Å². The predicted octanol–water partition coefficient (Wildman–Crippen LogP) is 3.44. The zero-order valence-electron chi connectivity index (χ0n) is 16.6. The maximum Gasteiger partial charge on any atom is 0.261 e. The van der Waals surface area contributed by atoms with Gasteiger partial charge in [-0.25, -0.2) is 0 Å². The summed E-state index contributed by atoms with van der Waals surface area (Å²) in [6.07, 6.45) is 0. The number of nitrogens with zero attached hydrogens (tertiary/aromatic N) is 1. The molecule has 3 aromatic rings. The number of rotatable bonds is 5. The summed E-state index contributed by atoms with van der Waals surface area (Å²) in [5, 5.41) is 3.04. The minimum atomic E-state index is -0.455. The van der Waals surface area contributed by atoms with Crippen molar-refractivity contribution in [3.63, 3.8) is 0 Å². The first-order valence-electron chi connectivity index (χ1n) is 9.46. The van der Waals surface area contributed by atoms with E-state index in [0.717, 1.165) is 16.0 Å². The molecule has 1 unspecified atom stereocenters. The summed E-state index contributed by atoms with van der Waals surface area (Å²) in [5.41, 5.74) is 2.56. The molecule has 1 atom stereocenters. The number of ether oxygens (including phenoxy) is 1. The number of hydrogen-bond donors (Lipinski definition) is 1. The fourth-order valence-corrected chi connectivity index (χ4v) is 3.61. The van der Waals surface area contributed by atoms with Crippen LogP contribution in [0, 0.1) is 0 Å². The van der Waals surface area contributed by atoms with Crippen LogP contribution in [0.5, 0.6) is 5.75 Å². The van der Waals surface area contributed by atoms with Gasteiger partial charge in [0.2, 0.25) is 0 Å². The van der Waals surface area contributed by atoms with Gasteiger partial charge in [0.15, 0.2) is 0 Å². The van der Waals surface area contributed by atoms with Crippen molar-refractivity contribution >= 4 is 17.7 Å². The Morgan fingerprint density at radius 1 is 0.900 bits per heavy atom. The van der Waals surface area contributed by atoms with Crippen LogP contribution in [-0.4, -0.2) is 36.8 Å². The third kappa shape index (κ3) is 3.33. The number of amides is 3. The molecule has 0 aliphatic carbocycles. The van der Waals surface area contributed by atoms with E-state index in [1.165, 1.54) is 19.2 Å². The topological polar surface area (TPSA) is 75.7 Å². The van der Waals surface area contributed by atoms with Gasteiger partial charge >= 0.3 is 0 Å². The van der Waals surface area contributed by atoms with Crippen molar-refractivity contribution in [2.75, 3.05) is 14.2 Å². The zero-order chi connectivity index (χ0) is 21.3. The Hall–Kier alpha value is -3.93. The predicted molar refractivity (Wildman–Crippen MR) is 112 cm³/mol. The Bertz CT molecular complexity index is 1140. The van der Waals surface area contributed by atoms with Crippen LogP contribution in [0.4, 0.5) is 0 Å². The number of fused-ring (bicyclic) bond motifs is 1. The molecule has 0 saturated carbocycles. The minimum absolute atomic E-state index is 0.240. The lowest BCUT2D eigenvalue weighted by molar-refractivity contribution is 0.0693. The third-order valence-corrected chi connectivity index (χ3v) is 5.21. The van der Waals surface area contributed by atoms with Gasteiger partial charge in [-0.3, -0.25) is 19.3 Å². The first-order chi connectivity index (χ1) is 14.5. The molecule has 0 radical (unpaired) electrons. The molecule has 30 heavy (non-hydrogen) atoms. The second-order valence-corrected chi connectivity index (χ2v) is 6.99. The standard InChI is InChI=1S/C24H20N2O4/c1-26-23(28)17-13-12-16(14-19(17)24(26)29)22(27)25-21(15-8-4-3-5-9-15)18-10-6-7-11-20(18)30-2/h3-14,21H,1-2H3,(H,25,27). The van der Waals surface area contributed by atoms with E-state index in [0.29, 0.717) is 16.9 Å². The molecule has 0 aromatic heterocycles. The summed E-state index contributed by atoms with van der Waals surface area (Å²) in [6.45, 7) is 0. The van der Waals surface area contributed by atoms with Crippen LogP contribution in [-0.2, 0) is 0 Å². The normalized spacial score (nSPS) is 13.7. The van der Waals surface area contributed by atoms with Crippen molar-refractivity contribution in [1.29, 1.82) is 0 Å². The molecule has 6 nitrogen and oxygen atoms in total. The monoisotopic (exact) mass is 400 g/mol. The van der Waals surface area contributed by atoms with Crippen molar-refractivity contribution in [1.82, 2.24) is 10.2 Å². The Labute approximate surface area is 174 Å². The van der Waals surface area contributed by atoms with E-state index < -0.39 is 11.9 Å². The first kappa shape index (κ1) is 19.4. The molecule has 3 aromatic carbocycles. The molecule has 6 heteroatoms. The molecular weight excluding hydrogens is 380 g/mol. The fraction of sp³-hybridized carbons (Fsp3) is 0.125. The number of benzene rings is 3. The van der Waals surface area contributed by atoms with Gasteiger partial charge in [0.1, 0.15) is 5.75 Å². The van der Waals surface area contributed by atoms with Crippen LogP contribution >= 0.6 is 0 Å². The van der Waals surface area contributed by atoms with Crippen LogP contribution in [0.1, 0.15) is 48.2 Å². The van der Waals surface area contributed by atoms with Crippen molar-refractivity contribution < 1.29 is 19.1 Å². The number of para-hydroxylation sites is 1. The van der Waals surface area contributed by atoms with E-state index in [4.69, 9.17) is 4.74 Å². The molecule has 1 aliphatic rings. The van der Waals surface area contributed by atoms with Crippen molar-refractivity contribution in [2.45, 2.75) is 6.04 Å². The van der Waals surface area contributed by atoms with E-state index in [-0.39, 0.29) is 17.4 Å². The van der Waals surface area contributed by atoms with Gasteiger partial charge in [0, 0.05) is 18.2 Å². The Kier molecular flexibility index (Phi) is 5.06. The van der Waals surface area contributed by atoms with Crippen molar-refractivity contribution in [3.8, 4) is 5.75 Å². The summed E-state index contributed by atoms with van der Waals surface area (Å²) in [7, 11) is 3.01. The van der Waals surface area contributed by atoms with E-state index in [1.807, 2.05) is 54.6 Å². The lowest BCUT2D eigenvalue weighted by Gasteiger charge is -2.22. The van der Waals surface area contributed by atoms with E-state index in [1.54, 1.807) is 13.2 Å². The highest BCUT2D eigenvalue weighted by atomic mass is 16.5. The second-order valence-electron chi connectivity index (χ2n) is 6.99. The van der Waals surface area contributed by atoms with Gasteiger partial charge in [0.05, 0.1) is 24.3 Å². The first-order valence-corrected chi connectivity index (χ1v) is 9.46. The summed E-state index contributed by atoms with van der Waals surface area (Å²) >= 11 is 0. The summed E-state index contributed by atoms with van der Waals surface area (Å²) in [4.78, 5) is 38.5. The largest absolute Gasteiger partial charge is 0.496 e. The molecule has 1 N–H and O–H groups in total. The van der Waals surface area contributed by atoms with E-state index in [2.05, 4.69) is 5.32 Å². The smallest absolute Gasteiger partial charge is 0.261 e. The average molecular weight is 400 g/mol. The van der Waals surface area contributed by atoms with Crippen molar-refractivity contribution in [3.05, 3.63) is 101 Å². The van der Waals surface area contributed by atoms with E-state index >= 15 is 0 Å². The van der Waals surface area contributed by atoms with Crippen LogP contribution in [0.2, 0.25) is 0 Å². The van der Waals surface area contributed by atoms with Gasteiger partial charge in [-0.2, -0.15) is 0 Å². The van der Waals surface area contributed by atoms with Gasteiger partial charge in [-0.15, -0.1) is 0 Å². The molecule has 0 saturated heterocycles. The quantitative estimate of drug-likeness (QED) is 0.666. The Morgan fingerprint density at radius 3 is 2.30 bits per heavy atom. The molecule has 1 aliphatic heterocycles. The van der Waals surface area contributed by atoms with Crippen LogP contribution in [0.15, 0.2) is 72.8 Å². The molecule has 3 amide bonds. The maximum absolute atomic E-state index is 13.1. The second kappa shape index (κ2) is 7.83. The summed E-state index contributed by atoms with van der Waals surface area (Å²) < 4.78 is 5.49. The molecular formula is C24H20N2O4. The SMILES string of the molecule is COc1ccccc1C(NC(=O)c1ccc2c(c1)C(=O)N(C)C2=O)c1ccccc1. The lowest BCUT2D eigenvalue weighted by Crippen LogP contribution is -2.29. The Morgan fingerprint density at radius 2 is 1.57 bits per heavy atom. The lowest BCUT2D eigenvalue weighted by atomic mass is 9.97. The van der Waals surface area contributed by atoms with Crippen LogP contribution in [0.3, 0.4) is 0 Å². The number of hydrogen-bond acceptors (Lipinski definition) is 4. The van der Waals surface area contributed by atoms with E-state index in [9.17, 15) is 14.4 Å². The van der Waals surface area contributed by atoms with Crippen LogP contribution in [0.25, 0.3) is 0 Å². The molecule has 0 fully saturated rings. The number of imide groups is 1. The molecule has 4 rings (SSSR count). The number of carbonyl (C=O) groups is 3. The van der Waals surface area contributed by atoms with Gasteiger partial charge in [-0.05, 0) is 29.8 Å². The average Bonchev–Trinajstić information content (AvgIpc) is 3.01. The molecule has 150 valence electrons. The highest BCUT2D eigenvalue weighted by Gasteiger charge is 2.33. The maximum atomic E-state index is 13.1. The number of methoxy groups -OCH3 is 1. The van der Waals surface area contributed by atoms with Crippen LogP contribution < -0.4 is 10.1 Å². The number of carbonyl (C=O) groups excluding carboxylic acids is 3. The van der Waals surface area contributed by atoms with Gasteiger partial charge < -0.3 is 10.1 Å². The summed E-state index contributed by atoms with van der Waals surface area (Å²) in [5.74, 6) is -0.470. The highest BCUT2D eigenvalue weighted by Crippen LogP contribution is 2.30. The Balaban J connectivity index is 1.70. The molecule has 0 spiro atoms. The number of nitrogens with one attached hydrogen (secondary N) is 1. The summed E-state index contributed by atoms with van der Waals surface area (Å²) in [6, 6.07) is 21.2. The van der Waals surface area contributed by atoms with Gasteiger partial charge in [-0.1, -0.05) is 48.5 Å². The molecule has 1 heterocycles. The minimum Gasteiger partial charge on any atom is -0.496 e. The zero-order valence-corrected chi connectivity index (χ0v) is 16.6.